The number of carbonyl (C=O) groups excluding carboxylic acids is 3. The fourth-order valence-corrected chi connectivity index (χ4v) is 7.37. The van der Waals surface area contributed by atoms with Gasteiger partial charge < -0.3 is 10.0 Å². The van der Waals surface area contributed by atoms with E-state index in [4.69, 9.17) is 0 Å². The van der Waals surface area contributed by atoms with Crippen LogP contribution in [0.15, 0.2) is 34.1 Å². The summed E-state index contributed by atoms with van der Waals surface area (Å²) in [7, 11) is 0. The Labute approximate surface area is 186 Å². The maximum absolute atomic E-state index is 12.9. The van der Waals surface area contributed by atoms with Gasteiger partial charge in [0, 0.05) is 29.4 Å². The van der Waals surface area contributed by atoms with Crippen LogP contribution < -0.4 is 10.2 Å². The van der Waals surface area contributed by atoms with Gasteiger partial charge in [-0.15, -0.1) is 0 Å². The first kappa shape index (κ1) is 20.3. The minimum Gasteiger partial charge on any atom is -0.508 e. The van der Waals surface area contributed by atoms with Gasteiger partial charge in [-0.2, -0.15) is 0 Å². The number of rotatable bonds is 3. The molecule has 162 valence electrons. The maximum atomic E-state index is 12.9. The van der Waals surface area contributed by atoms with Crippen molar-refractivity contribution in [3.05, 3.63) is 44.4 Å². The van der Waals surface area contributed by atoms with Gasteiger partial charge in [-0.25, -0.2) is 0 Å². The standard InChI is InChI=1S/C21H21N3O5S2/c25-12-7-3-2-6-11(12)14-15-16(19(28)22-18(15)27)30-20-17(14)31-21(29)24(20)10-13(26)23-8-4-1-5-9-23/h2-3,6-7,14-16,25H,1,4-5,8-10H2,(H,22,27,28). The van der Waals surface area contributed by atoms with Crippen molar-refractivity contribution >= 4 is 40.8 Å². The second-order valence-corrected chi connectivity index (χ2v) is 10.1. The summed E-state index contributed by atoms with van der Waals surface area (Å²) in [4.78, 5) is 53.0. The van der Waals surface area contributed by atoms with Crippen LogP contribution in [-0.2, 0) is 20.9 Å². The quantitative estimate of drug-likeness (QED) is 0.674. The summed E-state index contributed by atoms with van der Waals surface area (Å²) in [6.07, 6.45) is 3.01. The fourth-order valence-electron chi connectivity index (χ4n) is 4.64. The SMILES string of the molecule is O=C1NC(=O)C2C1Sc1c(sc(=O)n1CC(=O)N1CCCCC1)C2c1ccccc1O. The Kier molecular flexibility index (Phi) is 5.13. The summed E-state index contributed by atoms with van der Waals surface area (Å²) in [6.45, 7) is 1.29. The van der Waals surface area contributed by atoms with Crippen LogP contribution in [0, 0.1) is 5.92 Å². The number of piperidine rings is 1. The van der Waals surface area contributed by atoms with E-state index in [9.17, 15) is 24.3 Å². The molecule has 1 aromatic carbocycles. The number of aromatic hydroxyl groups is 1. The summed E-state index contributed by atoms with van der Waals surface area (Å²) in [5, 5.41) is 12.7. The predicted octanol–water partition coefficient (Wildman–Crippen LogP) is 1.51. The van der Waals surface area contributed by atoms with Gasteiger partial charge in [0.2, 0.25) is 17.7 Å². The lowest BCUT2D eigenvalue weighted by Gasteiger charge is -2.31. The Morgan fingerprint density at radius 2 is 1.84 bits per heavy atom. The van der Waals surface area contributed by atoms with E-state index in [1.165, 1.54) is 22.4 Å². The Bertz CT molecular complexity index is 1130. The van der Waals surface area contributed by atoms with Gasteiger partial charge in [0.05, 0.1) is 10.9 Å². The normalized spacial score (nSPS) is 25.2. The molecule has 0 bridgehead atoms. The molecule has 2 N–H and O–H groups in total. The number of hydrogen-bond donors (Lipinski definition) is 2. The minimum atomic E-state index is -0.720. The van der Waals surface area contributed by atoms with Crippen LogP contribution in [0.4, 0.5) is 0 Å². The second kappa shape index (κ2) is 7.83. The van der Waals surface area contributed by atoms with Crippen LogP contribution in [0.3, 0.4) is 0 Å². The van der Waals surface area contributed by atoms with Gasteiger partial charge in [-0.05, 0) is 25.3 Å². The first-order valence-electron chi connectivity index (χ1n) is 10.3. The molecule has 3 amide bonds. The number of benzene rings is 1. The molecule has 2 fully saturated rings. The second-order valence-electron chi connectivity index (χ2n) is 8.02. The van der Waals surface area contributed by atoms with Gasteiger partial charge in [0.15, 0.2) is 0 Å². The zero-order chi connectivity index (χ0) is 21.7. The van der Waals surface area contributed by atoms with Gasteiger partial charge in [-0.3, -0.25) is 29.1 Å². The number of phenolic OH excluding ortho intramolecular Hbond substituents is 1. The van der Waals surface area contributed by atoms with Crippen LogP contribution in [0.2, 0.25) is 0 Å². The molecule has 10 heteroatoms. The number of likely N-dealkylation sites (tertiary alicyclic amines) is 1. The van der Waals surface area contributed by atoms with E-state index in [2.05, 4.69) is 5.32 Å². The largest absolute Gasteiger partial charge is 0.508 e. The number of para-hydroxylation sites is 1. The molecule has 3 aliphatic heterocycles. The molecule has 2 aromatic rings. The van der Waals surface area contributed by atoms with Crippen molar-refractivity contribution in [1.29, 1.82) is 0 Å². The van der Waals surface area contributed by atoms with Crippen molar-refractivity contribution in [2.75, 3.05) is 13.1 Å². The third-order valence-corrected chi connectivity index (χ3v) is 8.78. The fraction of sp³-hybridized carbons (Fsp3) is 0.429. The van der Waals surface area contributed by atoms with Gasteiger partial charge >= 0.3 is 4.87 Å². The van der Waals surface area contributed by atoms with E-state index in [0.717, 1.165) is 30.6 Å². The van der Waals surface area contributed by atoms with Crippen LogP contribution in [-0.4, -0.2) is 50.6 Å². The van der Waals surface area contributed by atoms with Gasteiger partial charge in [0.1, 0.15) is 17.5 Å². The average Bonchev–Trinajstić information content (AvgIpc) is 3.23. The first-order valence-corrected chi connectivity index (χ1v) is 12.0. The molecule has 3 atom stereocenters. The van der Waals surface area contributed by atoms with E-state index in [0.29, 0.717) is 28.6 Å². The Morgan fingerprint density at radius 3 is 2.58 bits per heavy atom. The number of hydrogen-bond acceptors (Lipinski definition) is 7. The number of nitrogens with zero attached hydrogens (tertiary/aromatic N) is 2. The monoisotopic (exact) mass is 459 g/mol. The van der Waals surface area contributed by atoms with Crippen molar-refractivity contribution in [3.8, 4) is 5.75 Å². The highest BCUT2D eigenvalue weighted by molar-refractivity contribution is 8.00. The highest BCUT2D eigenvalue weighted by Crippen LogP contribution is 2.52. The lowest BCUT2D eigenvalue weighted by atomic mass is 9.82. The summed E-state index contributed by atoms with van der Waals surface area (Å²) >= 11 is 2.15. The molecule has 8 nitrogen and oxygen atoms in total. The zero-order valence-corrected chi connectivity index (χ0v) is 18.2. The minimum absolute atomic E-state index is 0.00745. The highest BCUT2D eigenvalue weighted by atomic mass is 32.2. The number of aromatic nitrogens is 1. The van der Waals surface area contributed by atoms with E-state index in [-0.39, 0.29) is 23.1 Å². The maximum Gasteiger partial charge on any atom is 0.308 e. The molecule has 4 heterocycles. The molecule has 0 aliphatic carbocycles. The number of thioether (sulfide) groups is 1. The van der Waals surface area contributed by atoms with E-state index >= 15 is 0 Å². The topological polar surface area (TPSA) is 109 Å². The first-order chi connectivity index (χ1) is 15.0. The summed E-state index contributed by atoms with van der Waals surface area (Å²) in [5.74, 6) is -2.26. The van der Waals surface area contributed by atoms with Crippen LogP contribution >= 0.6 is 23.1 Å². The molecule has 0 spiro atoms. The van der Waals surface area contributed by atoms with Gasteiger partial charge in [0.25, 0.3) is 0 Å². The van der Waals surface area contributed by atoms with E-state index < -0.39 is 28.9 Å². The molecular weight excluding hydrogens is 438 g/mol. The van der Waals surface area contributed by atoms with Crippen molar-refractivity contribution in [3.63, 3.8) is 0 Å². The third-order valence-electron chi connectivity index (χ3n) is 6.16. The number of imide groups is 1. The summed E-state index contributed by atoms with van der Waals surface area (Å²) < 4.78 is 1.43. The lowest BCUT2D eigenvalue weighted by Crippen LogP contribution is -2.39. The van der Waals surface area contributed by atoms with E-state index in [1.807, 2.05) is 0 Å². The number of carbonyl (C=O) groups is 3. The molecule has 5 rings (SSSR count). The molecule has 31 heavy (non-hydrogen) atoms. The summed E-state index contributed by atoms with van der Waals surface area (Å²) in [5.41, 5.74) is 0.500. The third kappa shape index (κ3) is 3.38. The number of thiazole rings is 1. The molecule has 0 saturated carbocycles. The highest BCUT2D eigenvalue weighted by Gasteiger charge is 2.53. The Morgan fingerprint density at radius 1 is 1.10 bits per heavy atom. The molecule has 2 saturated heterocycles. The van der Waals surface area contributed by atoms with E-state index in [1.54, 1.807) is 23.1 Å². The lowest BCUT2D eigenvalue weighted by molar-refractivity contribution is -0.133. The Balaban J connectivity index is 1.59. The molecule has 1 aromatic heterocycles. The predicted molar refractivity (Wildman–Crippen MR) is 115 cm³/mol. The molecule has 3 aliphatic rings. The number of amides is 3. The van der Waals surface area contributed by atoms with Crippen molar-refractivity contribution in [2.45, 2.75) is 42.0 Å². The molecule has 3 unspecified atom stereocenters. The number of nitrogens with one attached hydrogen (secondary N) is 1. The van der Waals surface area contributed by atoms with Gasteiger partial charge in [-0.1, -0.05) is 41.3 Å². The number of phenols is 1. The molecular formula is C21H21N3O5S2. The Hall–Kier alpha value is -2.59. The number of fused-ring (bicyclic) bond motifs is 2. The van der Waals surface area contributed by atoms with Crippen molar-refractivity contribution < 1.29 is 19.5 Å². The zero-order valence-electron chi connectivity index (χ0n) is 16.6. The van der Waals surface area contributed by atoms with Crippen molar-refractivity contribution in [1.82, 2.24) is 14.8 Å². The molecule has 0 radical (unpaired) electrons. The smallest absolute Gasteiger partial charge is 0.308 e. The van der Waals surface area contributed by atoms with Crippen molar-refractivity contribution in [2.24, 2.45) is 5.92 Å². The van der Waals surface area contributed by atoms with Crippen LogP contribution in [0.1, 0.15) is 35.6 Å². The van der Waals surface area contributed by atoms with Crippen LogP contribution in [0.5, 0.6) is 5.75 Å². The van der Waals surface area contributed by atoms with Crippen LogP contribution in [0.25, 0.3) is 0 Å². The average molecular weight is 460 g/mol. The summed E-state index contributed by atoms with van der Waals surface area (Å²) in [6, 6.07) is 6.67.